The molecule has 0 unspecified atom stereocenters. The molecule has 0 aliphatic heterocycles. The van der Waals surface area contributed by atoms with E-state index in [1.807, 2.05) is 54.8 Å². The van der Waals surface area contributed by atoms with Crippen LogP contribution in [0.2, 0.25) is 5.02 Å². The van der Waals surface area contributed by atoms with Crippen LogP contribution in [0.3, 0.4) is 0 Å². The third-order valence-electron chi connectivity index (χ3n) is 3.15. The predicted octanol–water partition coefficient (Wildman–Crippen LogP) is 3.07. The van der Waals surface area contributed by atoms with Gasteiger partial charge in [-0.1, -0.05) is 29.8 Å². The Hall–Kier alpha value is -1.74. The first-order valence-corrected chi connectivity index (χ1v) is 6.58. The average Bonchev–Trinajstić information content (AvgIpc) is 2.70. The number of amides is 1. The lowest BCUT2D eigenvalue weighted by Crippen LogP contribution is -2.27. The molecule has 1 N–H and O–H groups in total. The number of benzene rings is 1. The molecule has 4 heteroatoms. The summed E-state index contributed by atoms with van der Waals surface area (Å²) in [7, 11) is 0. The largest absolute Gasteiger partial charge is 0.350 e. The lowest BCUT2D eigenvalue weighted by atomic mass is 10.2. The minimum absolute atomic E-state index is 0.0117. The summed E-state index contributed by atoms with van der Waals surface area (Å²) in [5, 5.41) is 3.57. The number of aryl methyl sites for hydroxylation is 2. The molecule has 0 bridgehead atoms. The van der Waals surface area contributed by atoms with Crippen molar-refractivity contribution >= 4 is 17.5 Å². The van der Waals surface area contributed by atoms with Crippen molar-refractivity contribution in [1.29, 1.82) is 0 Å². The molecular formula is C15H17ClN2O. The number of nitrogens with zero attached hydrogens (tertiary/aromatic N) is 1. The molecule has 0 saturated heterocycles. The minimum Gasteiger partial charge on any atom is -0.350 e. The van der Waals surface area contributed by atoms with E-state index >= 15 is 0 Å². The van der Waals surface area contributed by atoms with Gasteiger partial charge < -0.3 is 9.88 Å². The fourth-order valence-corrected chi connectivity index (χ4v) is 2.19. The number of hydrogen-bond donors (Lipinski definition) is 1. The van der Waals surface area contributed by atoms with Crippen LogP contribution in [0.25, 0.3) is 0 Å². The molecule has 2 rings (SSSR count). The van der Waals surface area contributed by atoms with Gasteiger partial charge in [-0.2, -0.15) is 0 Å². The first kappa shape index (κ1) is 13.7. The molecule has 19 heavy (non-hydrogen) atoms. The Morgan fingerprint density at radius 1 is 1.16 bits per heavy atom. The Morgan fingerprint density at radius 2 is 1.79 bits per heavy atom. The molecule has 0 aliphatic rings. The average molecular weight is 277 g/mol. The van der Waals surface area contributed by atoms with Gasteiger partial charge in [-0.05, 0) is 37.6 Å². The number of rotatable bonds is 4. The fourth-order valence-electron chi connectivity index (χ4n) is 1.98. The maximum atomic E-state index is 11.9. The second kappa shape index (κ2) is 5.93. The van der Waals surface area contributed by atoms with Crippen LogP contribution in [0.4, 0.5) is 0 Å². The van der Waals surface area contributed by atoms with E-state index in [1.165, 1.54) is 0 Å². The van der Waals surface area contributed by atoms with Gasteiger partial charge >= 0.3 is 0 Å². The summed E-state index contributed by atoms with van der Waals surface area (Å²) in [6.07, 6.45) is 0. The highest BCUT2D eigenvalue weighted by atomic mass is 35.5. The Bertz CT molecular complexity index is 570. The van der Waals surface area contributed by atoms with Gasteiger partial charge in [0.15, 0.2) is 0 Å². The maximum absolute atomic E-state index is 11.9. The van der Waals surface area contributed by atoms with Crippen molar-refractivity contribution in [2.75, 3.05) is 0 Å². The first-order valence-electron chi connectivity index (χ1n) is 6.21. The van der Waals surface area contributed by atoms with Crippen molar-refractivity contribution in [2.45, 2.75) is 26.9 Å². The van der Waals surface area contributed by atoms with Gasteiger partial charge in [0, 0.05) is 23.0 Å². The molecule has 0 aliphatic carbocycles. The summed E-state index contributed by atoms with van der Waals surface area (Å²) in [6, 6.07) is 11.5. The molecule has 0 saturated carbocycles. The minimum atomic E-state index is -0.0117. The summed E-state index contributed by atoms with van der Waals surface area (Å²) in [4.78, 5) is 11.9. The van der Waals surface area contributed by atoms with Crippen LogP contribution in [0.15, 0.2) is 36.4 Å². The first-order chi connectivity index (χ1) is 9.08. The van der Waals surface area contributed by atoms with E-state index in [0.717, 1.165) is 17.0 Å². The molecular weight excluding hydrogens is 260 g/mol. The third kappa shape index (κ3) is 3.38. The zero-order valence-electron chi connectivity index (χ0n) is 11.1. The quantitative estimate of drug-likeness (QED) is 0.915. The summed E-state index contributed by atoms with van der Waals surface area (Å²) >= 11 is 6.04. The van der Waals surface area contributed by atoms with Crippen molar-refractivity contribution in [2.24, 2.45) is 0 Å². The van der Waals surface area contributed by atoms with Crippen LogP contribution in [0.1, 0.15) is 17.0 Å². The zero-order valence-corrected chi connectivity index (χ0v) is 11.9. The van der Waals surface area contributed by atoms with Crippen molar-refractivity contribution in [1.82, 2.24) is 9.88 Å². The molecule has 1 heterocycles. The van der Waals surface area contributed by atoms with E-state index in [0.29, 0.717) is 18.1 Å². The summed E-state index contributed by atoms with van der Waals surface area (Å²) in [5.74, 6) is -0.0117. The fraction of sp³-hybridized carbons (Fsp3) is 0.267. The van der Waals surface area contributed by atoms with Crippen molar-refractivity contribution in [3.05, 3.63) is 58.4 Å². The number of carbonyl (C=O) groups excluding carboxylic acids is 1. The molecule has 3 nitrogen and oxygen atoms in total. The van der Waals surface area contributed by atoms with Gasteiger partial charge in [0.1, 0.15) is 6.54 Å². The summed E-state index contributed by atoms with van der Waals surface area (Å²) in [6.45, 7) is 4.79. The van der Waals surface area contributed by atoms with Crippen molar-refractivity contribution < 1.29 is 4.79 Å². The van der Waals surface area contributed by atoms with Gasteiger partial charge in [0.2, 0.25) is 5.91 Å². The van der Waals surface area contributed by atoms with Crippen LogP contribution < -0.4 is 5.32 Å². The summed E-state index contributed by atoms with van der Waals surface area (Å²) in [5.41, 5.74) is 3.11. The second-order valence-electron chi connectivity index (χ2n) is 4.57. The zero-order chi connectivity index (χ0) is 13.8. The van der Waals surface area contributed by atoms with Crippen LogP contribution in [0.5, 0.6) is 0 Å². The van der Waals surface area contributed by atoms with Crippen LogP contribution in [-0.4, -0.2) is 10.5 Å². The molecule has 0 fully saturated rings. The SMILES string of the molecule is Cc1ccc(C)n1CC(=O)NCc1ccccc1Cl. The Kier molecular flexibility index (Phi) is 4.27. The van der Waals surface area contributed by atoms with Gasteiger partial charge in [0.05, 0.1) is 0 Å². The Balaban J connectivity index is 1.94. The van der Waals surface area contributed by atoms with E-state index < -0.39 is 0 Å². The highest BCUT2D eigenvalue weighted by molar-refractivity contribution is 6.31. The number of aromatic nitrogens is 1. The number of carbonyl (C=O) groups is 1. The number of hydrogen-bond acceptors (Lipinski definition) is 1. The van der Waals surface area contributed by atoms with E-state index in [1.54, 1.807) is 0 Å². The van der Waals surface area contributed by atoms with Crippen LogP contribution >= 0.6 is 11.6 Å². The topological polar surface area (TPSA) is 34.0 Å². The Morgan fingerprint density at radius 3 is 2.42 bits per heavy atom. The summed E-state index contributed by atoms with van der Waals surface area (Å²) < 4.78 is 1.99. The highest BCUT2D eigenvalue weighted by Gasteiger charge is 2.07. The van der Waals surface area contributed by atoms with Crippen molar-refractivity contribution in [3.8, 4) is 0 Å². The van der Waals surface area contributed by atoms with Crippen molar-refractivity contribution in [3.63, 3.8) is 0 Å². The maximum Gasteiger partial charge on any atom is 0.240 e. The van der Waals surface area contributed by atoms with Crippen LogP contribution in [-0.2, 0) is 17.9 Å². The monoisotopic (exact) mass is 276 g/mol. The third-order valence-corrected chi connectivity index (χ3v) is 3.52. The van der Waals surface area contributed by atoms with Crippen LogP contribution in [0, 0.1) is 13.8 Å². The molecule has 1 aromatic heterocycles. The molecule has 2 aromatic rings. The lowest BCUT2D eigenvalue weighted by molar-refractivity contribution is -0.121. The molecule has 0 atom stereocenters. The second-order valence-corrected chi connectivity index (χ2v) is 4.98. The molecule has 0 spiro atoms. The van der Waals surface area contributed by atoms with Gasteiger partial charge in [-0.25, -0.2) is 0 Å². The van der Waals surface area contributed by atoms with Gasteiger partial charge in [0.25, 0.3) is 0 Å². The smallest absolute Gasteiger partial charge is 0.240 e. The normalized spacial score (nSPS) is 10.5. The van der Waals surface area contributed by atoms with E-state index in [4.69, 9.17) is 11.6 Å². The molecule has 100 valence electrons. The van der Waals surface area contributed by atoms with Gasteiger partial charge in [-0.3, -0.25) is 4.79 Å². The van der Waals surface area contributed by atoms with Gasteiger partial charge in [-0.15, -0.1) is 0 Å². The molecule has 1 amide bonds. The molecule has 0 radical (unpaired) electrons. The number of halogens is 1. The highest BCUT2D eigenvalue weighted by Crippen LogP contribution is 2.14. The van der Waals surface area contributed by atoms with E-state index in [2.05, 4.69) is 5.32 Å². The van der Waals surface area contributed by atoms with E-state index in [-0.39, 0.29) is 5.91 Å². The number of nitrogens with one attached hydrogen (secondary N) is 1. The van der Waals surface area contributed by atoms with E-state index in [9.17, 15) is 4.79 Å². The predicted molar refractivity (Wildman–Crippen MR) is 77.2 cm³/mol. The molecule has 1 aromatic carbocycles. The standard InChI is InChI=1S/C15H17ClN2O/c1-11-7-8-12(2)18(11)10-15(19)17-9-13-5-3-4-6-14(13)16/h3-8H,9-10H2,1-2H3,(H,17,19). The lowest BCUT2D eigenvalue weighted by Gasteiger charge is -2.10. The Labute approximate surface area is 118 Å².